The quantitative estimate of drug-likeness (QED) is 0.413. The molecule has 0 aliphatic carbocycles. The Kier molecular flexibility index (Phi) is 6.07. The zero-order valence-electron chi connectivity index (χ0n) is 20.0. The first-order valence-electron chi connectivity index (χ1n) is 11.3. The Labute approximate surface area is 207 Å². The number of ether oxygens (including phenoxy) is 2. The van der Waals surface area contributed by atoms with E-state index >= 15 is 0 Å². The second-order valence-corrected chi connectivity index (χ2v) is 8.21. The third-order valence-corrected chi connectivity index (χ3v) is 6.19. The number of methoxy groups -OCH3 is 1. The molecule has 2 N–H and O–H groups in total. The summed E-state index contributed by atoms with van der Waals surface area (Å²) >= 11 is 0. The van der Waals surface area contributed by atoms with Crippen molar-refractivity contribution < 1.29 is 14.3 Å². The van der Waals surface area contributed by atoms with E-state index in [1.54, 1.807) is 30.5 Å². The van der Waals surface area contributed by atoms with E-state index in [1.807, 2.05) is 29.8 Å². The summed E-state index contributed by atoms with van der Waals surface area (Å²) in [6.07, 6.45) is 8.75. The topological polar surface area (TPSA) is 121 Å². The fourth-order valence-electron chi connectivity index (χ4n) is 4.49. The molecule has 0 saturated carbocycles. The number of nitrogen functional groups attached to an aromatic ring is 1. The second kappa shape index (κ2) is 9.49. The lowest BCUT2D eigenvalue weighted by molar-refractivity contribution is -0.125. The molecule has 0 bridgehead atoms. The van der Waals surface area contributed by atoms with Gasteiger partial charge in [0.25, 0.3) is 0 Å². The predicted octanol–water partition coefficient (Wildman–Crippen LogP) is 3.61. The van der Waals surface area contributed by atoms with Gasteiger partial charge in [0.1, 0.15) is 17.8 Å². The van der Waals surface area contributed by atoms with Crippen LogP contribution in [0.3, 0.4) is 0 Å². The Morgan fingerprint density at radius 2 is 1.97 bits per heavy atom. The number of benzene rings is 1. The van der Waals surface area contributed by atoms with E-state index in [-0.39, 0.29) is 11.9 Å². The first-order valence-corrected chi connectivity index (χ1v) is 11.3. The van der Waals surface area contributed by atoms with Crippen molar-refractivity contribution in [2.24, 2.45) is 7.05 Å². The summed E-state index contributed by atoms with van der Waals surface area (Å²) in [7, 11) is 3.53. The van der Waals surface area contributed by atoms with Gasteiger partial charge in [-0.25, -0.2) is 19.9 Å². The monoisotopic (exact) mass is 483 g/mol. The lowest BCUT2D eigenvalue weighted by atomic mass is 9.95. The number of hydrogen-bond donors (Lipinski definition) is 1. The molecule has 1 aliphatic heterocycles. The zero-order chi connectivity index (χ0) is 25.2. The first kappa shape index (κ1) is 23.0. The number of aromatic nitrogens is 5. The number of rotatable bonds is 6. The van der Waals surface area contributed by atoms with Crippen molar-refractivity contribution in [3.05, 3.63) is 67.4 Å². The van der Waals surface area contributed by atoms with Gasteiger partial charge in [-0.3, -0.25) is 4.79 Å². The van der Waals surface area contributed by atoms with Crippen LogP contribution in [0.25, 0.3) is 27.7 Å². The van der Waals surface area contributed by atoms with Gasteiger partial charge in [0.2, 0.25) is 5.91 Å². The zero-order valence-corrected chi connectivity index (χ0v) is 20.0. The summed E-state index contributed by atoms with van der Waals surface area (Å²) < 4.78 is 13.5. The highest BCUT2D eigenvalue weighted by Crippen LogP contribution is 2.43. The Balaban J connectivity index is 1.64. The van der Waals surface area contributed by atoms with Crippen LogP contribution in [0.2, 0.25) is 0 Å². The fraction of sp³-hybridized carbons (Fsp3) is 0.192. The van der Waals surface area contributed by atoms with Crippen LogP contribution in [-0.4, -0.2) is 55.5 Å². The van der Waals surface area contributed by atoms with Gasteiger partial charge in [-0.15, -0.1) is 0 Å². The van der Waals surface area contributed by atoms with Gasteiger partial charge in [-0.1, -0.05) is 18.7 Å². The van der Waals surface area contributed by atoms with E-state index in [2.05, 4.69) is 32.6 Å². The number of nitrogens with zero attached hydrogens (tertiary/aromatic N) is 6. The first-order chi connectivity index (χ1) is 17.5. The van der Waals surface area contributed by atoms with E-state index in [4.69, 9.17) is 15.2 Å². The molecule has 1 aliphatic rings. The number of nitrogens with two attached hydrogens (primary N) is 1. The third-order valence-electron chi connectivity index (χ3n) is 6.19. The molecular formula is C26H25N7O3. The van der Waals surface area contributed by atoms with Gasteiger partial charge in [0.15, 0.2) is 11.5 Å². The molecule has 0 spiro atoms. The maximum atomic E-state index is 12.1. The highest BCUT2D eigenvalue weighted by atomic mass is 16.5. The van der Waals surface area contributed by atoms with Crippen LogP contribution in [-0.2, 0) is 11.8 Å². The molecule has 10 nitrogen and oxygen atoms in total. The summed E-state index contributed by atoms with van der Waals surface area (Å²) in [6.45, 7) is 4.68. The molecule has 36 heavy (non-hydrogen) atoms. The molecule has 182 valence electrons. The van der Waals surface area contributed by atoms with Crippen molar-refractivity contribution in [2.45, 2.75) is 6.42 Å². The smallest absolute Gasteiger partial charge is 0.321 e. The van der Waals surface area contributed by atoms with Crippen molar-refractivity contribution in [2.75, 3.05) is 25.9 Å². The van der Waals surface area contributed by atoms with Crippen LogP contribution in [0.15, 0.2) is 61.7 Å². The van der Waals surface area contributed by atoms with Gasteiger partial charge < -0.3 is 24.7 Å². The molecule has 1 amide bonds. The van der Waals surface area contributed by atoms with Gasteiger partial charge >= 0.3 is 6.01 Å². The molecule has 10 heteroatoms. The maximum absolute atomic E-state index is 12.1. The van der Waals surface area contributed by atoms with Crippen molar-refractivity contribution in [3.8, 4) is 28.6 Å². The Morgan fingerprint density at radius 1 is 1.17 bits per heavy atom. The lowest BCUT2D eigenvalue weighted by Gasteiger charge is -2.26. The van der Waals surface area contributed by atoms with Gasteiger partial charge in [-0.2, -0.15) is 0 Å². The third kappa shape index (κ3) is 4.02. The van der Waals surface area contributed by atoms with Crippen molar-refractivity contribution in [1.29, 1.82) is 0 Å². The Bertz CT molecular complexity index is 1490. The summed E-state index contributed by atoms with van der Waals surface area (Å²) in [4.78, 5) is 30.8. The number of carbonyl (C=O) groups is 1. The molecule has 0 fully saturated rings. The van der Waals surface area contributed by atoms with Crippen molar-refractivity contribution in [1.82, 2.24) is 29.4 Å². The van der Waals surface area contributed by atoms with Crippen LogP contribution in [0, 0.1) is 0 Å². The second-order valence-electron chi connectivity index (χ2n) is 8.21. The standard InChI is InChI=1S/C26H25N7O3/c1-4-20(34)33-12-8-16(9-13-33)23-21(22-24(27)30-15-31-25(22)32(23)2)17-6-7-18(19(14-17)35-3)36-26-28-10-5-11-29-26/h4-8,10-11,14-15H,1,9,12-13H2,2-3H3,(H2,27,30,31). The van der Waals surface area contributed by atoms with Crippen LogP contribution < -0.4 is 15.2 Å². The molecule has 1 aromatic carbocycles. The number of fused-ring (bicyclic) bond motifs is 1. The molecular weight excluding hydrogens is 458 g/mol. The highest BCUT2D eigenvalue weighted by Gasteiger charge is 2.26. The summed E-state index contributed by atoms with van der Waals surface area (Å²) in [5.41, 5.74) is 10.9. The van der Waals surface area contributed by atoms with Crippen molar-refractivity contribution in [3.63, 3.8) is 0 Å². The van der Waals surface area contributed by atoms with Gasteiger partial charge in [0, 0.05) is 38.1 Å². The number of hydrogen-bond acceptors (Lipinski definition) is 8. The number of amides is 1. The van der Waals surface area contributed by atoms with E-state index < -0.39 is 0 Å². The largest absolute Gasteiger partial charge is 0.493 e. The SMILES string of the molecule is C=CC(=O)N1CC=C(c2c(-c3ccc(Oc4ncccn4)c(OC)c3)c3c(N)ncnc3n2C)CC1. The van der Waals surface area contributed by atoms with E-state index in [0.29, 0.717) is 36.8 Å². The van der Waals surface area contributed by atoms with Gasteiger partial charge in [0.05, 0.1) is 18.2 Å². The minimum atomic E-state index is -0.0830. The molecule has 4 aromatic rings. The van der Waals surface area contributed by atoms with Crippen molar-refractivity contribution >= 4 is 28.3 Å². The summed E-state index contributed by atoms with van der Waals surface area (Å²) in [5.74, 6) is 1.29. The molecule has 3 aromatic heterocycles. The molecule has 0 saturated heterocycles. The van der Waals surface area contributed by atoms with Crippen LogP contribution in [0.1, 0.15) is 12.1 Å². The molecule has 0 atom stereocenters. The van der Waals surface area contributed by atoms with E-state index in [1.165, 1.54) is 12.4 Å². The molecule has 5 rings (SSSR count). The predicted molar refractivity (Wildman–Crippen MR) is 136 cm³/mol. The highest BCUT2D eigenvalue weighted by molar-refractivity contribution is 6.06. The summed E-state index contributed by atoms with van der Waals surface area (Å²) in [6, 6.07) is 7.57. The maximum Gasteiger partial charge on any atom is 0.321 e. The molecule has 0 radical (unpaired) electrons. The summed E-state index contributed by atoms with van der Waals surface area (Å²) in [5, 5.41) is 0.752. The van der Waals surface area contributed by atoms with E-state index in [0.717, 1.165) is 33.4 Å². The number of carbonyl (C=O) groups excluding carboxylic acids is 1. The number of anilines is 1. The van der Waals surface area contributed by atoms with Crippen LogP contribution >= 0.6 is 0 Å². The molecule has 4 heterocycles. The number of aryl methyl sites for hydroxylation is 1. The lowest BCUT2D eigenvalue weighted by Crippen LogP contribution is -2.33. The normalized spacial score (nSPS) is 13.4. The minimum absolute atomic E-state index is 0.0830. The molecule has 0 unspecified atom stereocenters. The van der Waals surface area contributed by atoms with Crippen LogP contribution in [0.4, 0.5) is 5.82 Å². The average Bonchev–Trinajstić information content (AvgIpc) is 3.22. The Hall–Kier alpha value is -4.73. The van der Waals surface area contributed by atoms with Crippen LogP contribution in [0.5, 0.6) is 17.5 Å². The fourth-order valence-corrected chi connectivity index (χ4v) is 4.49. The Morgan fingerprint density at radius 3 is 2.67 bits per heavy atom. The van der Waals surface area contributed by atoms with Gasteiger partial charge in [-0.05, 0) is 41.8 Å². The average molecular weight is 484 g/mol. The minimum Gasteiger partial charge on any atom is -0.493 e. The van der Waals surface area contributed by atoms with E-state index in [9.17, 15) is 4.79 Å².